The molecule has 0 aliphatic heterocycles. The molecule has 0 aliphatic rings. The maximum absolute atomic E-state index is 9.66. The third-order valence-electron chi connectivity index (χ3n) is 0.333. The normalized spacial score (nSPS) is 9.88. The first-order valence-electron chi connectivity index (χ1n) is 1.74. The molecule has 0 heterocycles. The molecule has 0 amide bonds. The average molecular weight is 159 g/mol. The van der Waals surface area contributed by atoms with E-state index < -0.39 is 17.6 Å². The van der Waals surface area contributed by atoms with Crippen molar-refractivity contribution in [2.45, 2.75) is 5.02 Å². The van der Waals surface area contributed by atoms with Gasteiger partial charge in [0.2, 0.25) is 5.02 Å². The Bertz CT molecular complexity index is 82.6. The van der Waals surface area contributed by atoms with Gasteiger partial charge in [0.25, 0.3) is 0 Å². The Morgan fingerprint density at radius 3 is 2.38 bits per heavy atom. The maximum Gasteiger partial charge on any atom is 0.329 e. The van der Waals surface area contributed by atoms with Gasteiger partial charge < -0.3 is 9.84 Å². The van der Waals surface area contributed by atoms with Crippen molar-refractivity contribution in [2.24, 2.45) is 0 Å². The first kappa shape index (κ1) is 8.01. The SMILES string of the molecule is O=C(O)COC(Cl)Cl. The van der Waals surface area contributed by atoms with Crippen LogP contribution in [0.25, 0.3) is 0 Å². The van der Waals surface area contributed by atoms with Crippen LogP contribution in [0.5, 0.6) is 0 Å². The molecule has 0 aliphatic carbocycles. The van der Waals surface area contributed by atoms with E-state index in [1.165, 1.54) is 0 Å². The number of alkyl halides is 2. The topological polar surface area (TPSA) is 46.5 Å². The fourth-order valence-corrected chi connectivity index (χ4v) is 0.260. The van der Waals surface area contributed by atoms with Gasteiger partial charge in [-0.3, -0.25) is 0 Å². The molecule has 0 aromatic heterocycles. The van der Waals surface area contributed by atoms with Crippen molar-refractivity contribution in [3.05, 3.63) is 0 Å². The molecular weight excluding hydrogens is 155 g/mol. The van der Waals surface area contributed by atoms with Crippen molar-refractivity contribution in [1.82, 2.24) is 0 Å². The lowest BCUT2D eigenvalue weighted by Crippen LogP contribution is -2.08. The summed E-state index contributed by atoms with van der Waals surface area (Å²) in [5.41, 5.74) is 0. The number of rotatable bonds is 3. The van der Waals surface area contributed by atoms with Gasteiger partial charge in [-0.05, 0) is 0 Å². The summed E-state index contributed by atoms with van der Waals surface area (Å²) < 4.78 is 4.23. The standard InChI is InChI=1S/C3H4Cl2O3/c4-3(5)8-1-2(6)7/h3H,1H2,(H,6,7). The minimum Gasteiger partial charge on any atom is -0.480 e. The number of halogens is 2. The zero-order valence-electron chi connectivity index (χ0n) is 3.80. The summed E-state index contributed by atoms with van der Waals surface area (Å²) in [7, 11) is 0. The largest absolute Gasteiger partial charge is 0.480 e. The average Bonchev–Trinajstić information content (AvgIpc) is 1.61. The van der Waals surface area contributed by atoms with E-state index in [0.29, 0.717) is 0 Å². The first-order chi connectivity index (χ1) is 3.63. The summed E-state index contributed by atoms with van der Waals surface area (Å²) in [6.07, 6.45) is 0. The van der Waals surface area contributed by atoms with Crippen molar-refractivity contribution < 1.29 is 14.6 Å². The van der Waals surface area contributed by atoms with E-state index in [1.54, 1.807) is 0 Å². The molecule has 0 aromatic carbocycles. The number of hydrogen-bond donors (Lipinski definition) is 1. The van der Waals surface area contributed by atoms with Crippen LogP contribution in [0.15, 0.2) is 0 Å². The minimum atomic E-state index is -1.09. The lowest BCUT2D eigenvalue weighted by atomic mass is 10.8. The summed E-state index contributed by atoms with van der Waals surface area (Å²) in [6, 6.07) is 0. The van der Waals surface area contributed by atoms with Gasteiger partial charge in [0, 0.05) is 0 Å². The van der Waals surface area contributed by atoms with Crippen molar-refractivity contribution in [3.8, 4) is 0 Å². The van der Waals surface area contributed by atoms with Gasteiger partial charge in [0.1, 0.15) is 6.61 Å². The van der Waals surface area contributed by atoms with Gasteiger partial charge in [-0.1, -0.05) is 23.2 Å². The Morgan fingerprint density at radius 1 is 1.75 bits per heavy atom. The van der Waals surface area contributed by atoms with E-state index in [9.17, 15) is 4.79 Å². The molecule has 0 aromatic rings. The van der Waals surface area contributed by atoms with Gasteiger partial charge in [-0.25, -0.2) is 4.79 Å². The van der Waals surface area contributed by atoms with Crippen LogP contribution in [-0.2, 0) is 9.53 Å². The number of aliphatic carboxylic acids is 1. The molecule has 0 radical (unpaired) electrons. The predicted molar refractivity (Wildman–Crippen MR) is 29.1 cm³/mol. The number of carboxylic acid groups (broad SMARTS) is 1. The zero-order chi connectivity index (χ0) is 6.57. The van der Waals surface area contributed by atoms with Gasteiger partial charge in [0.05, 0.1) is 0 Å². The van der Waals surface area contributed by atoms with Gasteiger partial charge in [0.15, 0.2) is 0 Å². The lowest BCUT2D eigenvalue weighted by molar-refractivity contribution is -0.141. The van der Waals surface area contributed by atoms with Crippen LogP contribution in [0.2, 0.25) is 0 Å². The minimum absolute atomic E-state index is 0.461. The quantitative estimate of drug-likeness (QED) is 0.620. The van der Waals surface area contributed by atoms with Crippen LogP contribution in [0, 0.1) is 0 Å². The number of carbonyl (C=O) groups is 1. The number of hydrogen-bond acceptors (Lipinski definition) is 2. The molecule has 0 spiro atoms. The van der Waals surface area contributed by atoms with Crippen LogP contribution in [0.4, 0.5) is 0 Å². The number of carboxylic acids is 1. The predicted octanol–water partition coefficient (Wildman–Crippen LogP) is 0.849. The Kier molecular flexibility index (Phi) is 3.95. The fraction of sp³-hybridized carbons (Fsp3) is 0.667. The highest BCUT2D eigenvalue weighted by Crippen LogP contribution is 2.01. The zero-order valence-corrected chi connectivity index (χ0v) is 5.32. The summed E-state index contributed by atoms with van der Waals surface area (Å²) >= 11 is 10.0. The van der Waals surface area contributed by atoms with Crippen molar-refractivity contribution in [2.75, 3.05) is 6.61 Å². The Labute approximate surface area is 56.1 Å². The molecule has 0 saturated carbocycles. The molecule has 8 heavy (non-hydrogen) atoms. The molecule has 0 fully saturated rings. The highest BCUT2D eigenvalue weighted by atomic mass is 35.5. The Morgan fingerprint density at radius 2 is 2.25 bits per heavy atom. The van der Waals surface area contributed by atoms with Crippen LogP contribution < -0.4 is 0 Å². The molecule has 0 atom stereocenters. The molecular formula is C3H4Cl2O3. The van der Waals surface area contributed by atoms with Crippen LogP contribution >= 0.6 is 23.2 Å². The lowest BCUT2D eigenvalue weighted by Gasteiger charge is -1.97. The maximum atomic E-state index is 9.66. The molecule has 5 heteroatoms. The van der Waals surface area contributed by atoms with E-state index in [2.05, 4.69) is 4.74 Å². The second-order valence-corrected chi connectivity index (χ2v) is 1.98. The summed E-state index contributed by atoms with van der Waals surface area (Å²) in [5.74, 6) is -1.09. The third kappa shape index (κ3) is 6.01. The highest BCUT2D eigenvalue weighted by molar-refractivity contribution is 6.43. The molecule has 0 bridgehead atoms. The molecule has 3 nitrogen and oxygen atoms in total. The van der Waals surface area contributed by atoms with E-state index in [4.69, 9.17) is 28.3 Å². The first-order valence-corrected chi connectivity index (χ1v) is 2.61. The summed E-state index contributed by atoms with van der Waals surface area (Å²) in [4.78, 5) is 9.66. The Hall–Kier alpha value is 0.01000. The van der Waals surface area contributed by atoms with E-state index in [-0.39, 0.29) is 0 Å². The molecule has 1 N–H and O–H groups in total. The second-order valence-electron chi connectivity index (χ2n) is 0.965. The molecule has 0 rings (SSSR count). The molecule has 0 saturated heterocycles. The van der Waals surface area contributed by atoms with Gasteiger partial charge >= 0.3 is 5.97 Å². The van der Waals surface area contributed by atoms with Crippen LogP contribution in [0.3, 0.4) is 0 Å². The van der Waals surface area contributed by atoms with Crippen LogP contribution in [0.1, 0.15) is 0 Å². The fourth-order valence-electron chi connectivity index (χ4n) is 0.134. The monoisotopic (exact) mass is 158 g/mol. The summed E-state index contributed by atoms with van der Waals surface area (Å²) in [6.45, 7) is -0.461. The smallest absolute Gasteiger partial charge is 0.329 e. The van der Waals surface area contributed by atoms with Crippen LogP contribution in [-0.4, -0.2) is 22.7 Å². The van der Waals surface area contributed by atoms with Crippen molar-refractivity contribution in [3.63, 3.8) is 0 Å². The second kappa shape index (κ2) is 3.95. The van der Waals surface area contributed by atoms with E-state index in [0.717, 1.165) is 0 Å². The Balaban J connectivity index is 3.05. The molecule has 48 valence electrons. The van der Waals surface area contributed by atoms with Gasteiger partial charge in [-0.15, -0.1) is 0 Å². The summed E-state index contributed by atoms with van der Waals surface area (Å²) in [5, 5.41) is 6.87. The van der Waals surface area contributed by atoms with E-state index in [1.807, 2.05) is 0 Å². The highest BCUT2D eigenvalue weighted by Gasteiger charge is 2.00. The number of ether oxygens (including phenoxy) is 1. The third-order valence-corrected chi connectivity index (χ3v) is 0.585. The molecule has 0 unspecified atom stereocenters. The van der Waals surface area contributed by atoms with Crippen molar-refractivity contribution >= 4 is 29.2 Å². The van der Waals surface area contributed by atoms with E-state index >= 15 is 0 Å². The van der Waals surface area contributed by atoms with Crippen molar-refractivity contribution in [1.29, 1.82) is 0 Å². The van der Waals surface area contributed by atoms with Gasteiger partial charge in [-0.2, -0.15) is 0 Å².